The molecule has 5 aromatic rings. The smallest absolute Gasteiger partial charge is 0.229 e. The SMILES string of the molecule is COc1cc2c(cc1Nc1ncc(Br)c(Nc3ccc4nccnc4c3P(C)(C)=O)n1)-c1cnn(C)c1CCN2[C@@H]1CCCNC1. The molecule has 2 aliphatic heterocycles. The van der Waals surface area contributed by atoms with Crippen molar-refractivity contribution in [2.75, 3.05) is 55.6 Å². The number of nitrogens with zero attached hydrogens (tertiary/aromatic N) is 7. The molecule has 2 aliphatic rings. The summed E-state index contributed by atoms with van der Waals surface area (Å²) in [6.07, 6.45) is 10.1. The highest BCUT2D eigenvalue weighted by Crippen LogP contribution is 2.45. The maximum atomic E-state index is 13.5. The molecule has 5 heterocycles. The molecule has 1 fully saturated rings. The second kappa shape index (κ2) is 12.3. The topological polar surface area (TPSA) is 135 Å². The lowest BCUT2D eigenvalue weighted by atomic mass is 10.0. The van der Waals surface area contributed by atoms with Crippen LogP contribution in [-0.2, 0) is 18.0 Å². The molecule has 0 aliphatic carbocycles. The lowest BCUT2D eigenvalue weighted by Crippen LogP contribution is -2.47. The summed E-state index contributed by atoms with van der Waals surface area (Å²) >= 11 is 3.59. The molecule has 46 heavy (non-hydrogen) atoms. The Morgan fingerprint density at radius 3 is 2.70 bits per heavy atom. The number of hydrogen-bond acceptors (Lipinski definition) is 11. The molecule has 0 amide bonds. The highest BCUT2D eigenvalue weighted by molar-refractivity contribution is 9.10. The molecule has 12 nitrogen and oxygen atoms in total. The summed E-state index contributed by atoms with van der Waals surface area (Å²) < 4.78 is 22.0. The third kappa shape index (κ3) is 5.72. The molecule has 14 heteroatoms. The van der Waals surface area contributed by atoms with Crippen LogP contribution in [0, 0.1) is 0 Å². The fourth-order valence-corrected chi connectivity index (χ4v) is 8.21. The van der Waals surface area contributed by atoms with Crippen molar-refractivity contribution in [2.45, 2.75) is 25.3 Å². The van der Waals surface area contributed by atoms with Crippen molar-refractivity contribution in [1.29, 1.82) is 0 Å². The van der Waals surface area contributed by atoms with E-state index in [2.05, 4.69) is 69.0 Å². The molecular weight excluding hydrogens is 667 g/mol. The van der Waals surface area contributed by atoms with Crippen molar-refractivity contribution >= 4 is 68.2 Å². The molecule has 0 bridgehead atoms. The van der Waals surface area contributed by atoms with Gasteiger partial charge in [-0.05, 0) is 66.8 Å². The molecule has 3 aromatic heterocycles. The van der Waals surface area contributed by atoms with Gasteiger partial charge < -0.3 is 30.2 Å². The van der Waals surface area contributed by atoms with Crippen LogP contribution in [0.1, 0.15) is 18.5 Å². The monoisotopic (exact) mass is 702 g/mol. The van der Waals surface area contributed by atoms with Gasteiger partial charge >= 0.3 is 0 Å². The van der Waals surface area contributed by atoms with Gasteiger partial charge in [-0.3, -0.25) is 14.6 Å². The summed E-state index contributed by atoms with van der Waals surface area (Å²) in [6.45, 7) is 6.37. The van der Waals surface area contributed by atoms with Gasteiger partial charge in [0.15, 0.2) is 0 Å². The Kier molecular flexibility index (Phi) is 8.16. The molecule has 1 atom stereocenters. The van der Waals surface area contributed by atoms with Crippen LogP contribution < -0.4 is 30.9 Å². The standard InChI is InChI=1S/C32H36BrN10O2P/c1-42-26-9-13-43(19-6-5-10-34-16-19)27-15-28(45-2)25(14-20(27)21(26)17-38-42)40-32-37-18-22(33)31(41-32)39-24-8-7-23-29(36-12-11-35-23)30(24)46(3,4)44/h7-8,11-12,14-15,17-19,34H,5-6,9-10,13,16H2,1-4H3,(H2,37,39,40,41)/t19-/m1/s1. The van der Waals surface area contributed by atoms with E-state index in [0.717, 1.165) is 61.4 Å². The Morgan fingerprint density at radius 1 is 1.07 bits per heavy atom. The molecule has 7 rings (SSSR count). The molecule has 0 radical (unpaired) electrons. The average Bonchev–Trinajstić information content (AvgIpc) is 3.33. The average molecular weight is 704 g/mol. The van der Waals surface area contributed by atoms with Gasteiger partial charge in [-0.25, -0.2) is 4.98 Å². The first-order valence-electron chi connectivity index (χ1n) is 15.3. The Hall–Kier alpha value is -4.06. The van der Waals surface area contributed by atoms with E-state index in [0.29, 0.717) is 50.1 Å². The number of rotatable bonds is 7. The second-order valence-electron chi connectivity index (χ2n) is 12.0. The zero-order valence-corrected chi connectivity index (χ0v) is 28.7. The van der Waals surface area contributed by atoms with Gasteiger partial charge in [0, 0.05) is 79.8 Å². The number of methoxy groups -OCH3 is 1. The quantitative estimate of drug-likeness (QED) is 0.187. The predicted octanol–water partition coefficient (Wildman–Crippen LogP) is 5.44. The number of halogens is 1. The van der Waals surface area contributed by atoms with Crippen LogP contribution >= 0.6 is 23.1 Å². The van der Waals surface area contributed by atoms with Crippen LogP contribution in [-0.4, -0.2) is 75.8 Å². The van der Waals surface area contributed by atoms with Crippen LogP contribution in [0.3, 0.4) is 0 Å². The molecule has 0 saturated carbocycles. The first-order valence-corrected chi connectivity index (χ1v) is 18.7. The van der Waals surface area contributed by atoms with E-state index in [1.807, 2.05) is 30.1 Å². The number of aromatic nitrogens is 6. The Balaban J connectivity index is 1.27. The van der Waals surface area contributed by atoms with Gasteiger partial charge in [0.25, 0.3) is 0 Å². The van der Waals surface area contributed by atoms with E-state index < -0.39 is 7.14 Å². The van der Waals surface area contributed by atoms with Crippen LogP contribution in [0.25, 0.3) is 22.2 Å². The lowest BCUT2D eigenvalue weighted by molar-refractivity contribution is 0.414. The summed E-state index contributed by atoms with van der Waals surface area (Å²) in [4.78, 5) is 20.8. The number of ether oxygens (including phenoxy) is 1. The van der Waals surface area contributed by atoms with Gasteiger partial charge in [0.2, 0.25) is 5.95 Å². The van der Waals surface area contributed by atoms with Crippen LogP contribution in [0.4, 0.5) is 28.8 Å². The third-order valence-corrected chi connectivity index (χ3v) is 10.8. The van der Waals surface area contributed by atoms with Crippen LogP contribution in [0.15, 0.2) is 53.5 Å². The fraction of sp³-hybridized carbons (Fsp3) is 0.344. The fourth-order valence-electron chi connectivity index (χ4n) is 6.53. The Morgan fingerprint density at radius 2 is 1.91 bits per heavy atom. The van der Waals surface area contributed by atoms with Crippen molar-refractivity contribution in [3.8, 4) is 16.9 Å². The predicted molar refractivity (Wildman–Crippen MR) is 187 cm³/mol. The van der Waals surface area contributed by atoms with E-state index in [4.69, 9.17) is 9.72 Å². The number of aryl methyl sites for hydroxylation is 1. The minimum atomic E-state index is -2.76. The number of fused-ring (bicyclic) bond motifs is 4. The third-order valence-electron chi connectivity index (χ3n) is 8.68. The molecular formula is C32H36BrN10O2P. The molecule has 2 aromatic carbocycles. The van der Waals surface area contributed by atoms with E-state index in [1.165, 1.54) is 5.69 Å². The first kappa shape index (κ1) is 30.6. The number of anilines is 5. The zero-order valence-electron chi connectivity index (χ0n) is 26.2. The molecule has 1 saturated heterocycles. The Labute approximate surface area is 275 Å². The highest BCUT2D eigenvalue weighted by Gasteiger charge is 2.30. The first-order chi connectivity index (χ1) is 22.2. The number of hydrogen-bond donors (Lipinski definition) is 3. The van der Waals surface area contributed by atoms with Crippen molar-refractivity contribution in [3.05, 3.63) is 59.2 Å². The highest BCUT2D eigenvalue weighted by atomic mass is 79.9. The summed E-state index contributed by atoms with van der Waals surface area (Å²) in [5.74, 6) is 1.57. The maximum absolute atomic E-state index is 13.5. The maximum Gasteiger partial charge on any atom is 0.229 e. The molecule has 3 N–H and O–H groups in total. The number of nitrogens with one attached hydrogen (secondary N) is 3. The lowest BCUT2D eigenvalue weighted by Gasteiger charge is -2.37. The van der Waals surface area contributed by atoms with E-state index >= 15 is 0 Å². The zero-order chi connectivity index (χ0) is 32.0. The normalized spacial score (nSPS) is 16.5. The van der Waals surface area contributed by atoms with Crippen LogP contribution in [0.2, 0.25) is 0 Å². The van der Waals surface area contributed by atoms with E-state index in [9.17, 15) is 4.57 Å². The minimum absolute atomic E-state index is 0.371. The number of benzene rings is 2. The van der Waals surface area contributed by atoms with Crippen molar-refractivity contribution in [1.82, 2.24) is 35.0 Å². The van der Waals surface area contributed by atoms with Crippen molar-refractivity contribution in [2.24, 2.45) is 7.05 Å². The minimum Gasteiger partial charge on any atom is -0.494 e. The molecule has 238 valence electrons. The summed E-state index contributed by atoms with van der Waals surface area (Å²) in [5.41, 5.74) is 7.22. The van der Waals surface area contributed by atoms with Crippen molar-refractivity contribution < 1.29 is 9.30 Å². The molecule has 0 unspecified atom stereocenters. The van der Waals surface area contributed by atoms with Gasteiger partial charge in [0.1, 0.15) is 24.2 Å². The summed E-state index contributed by atoms with van der Waals surface area (Å²) in [7, 11) is 0.929. The van der Waals surface area contributed by atoms with Gasteiger partial charge in [-0.15, -0.1) is 0 Å². The summed E-state index contributed by atoms with van der Waals surface area (Å²) in [5, 5.41) is 15.6. The number of piperidine rings is 1. The van der Waals surface area contributed by atoms with Crippen LogP contribution in [0.5, 0.6) is 5.75 Å². The second-order valence-corrected chi connectivity index (χ2v) is 16.0. The van der Waals surface area contributed by atoms with E-state index in [-0.39, 0.29) is 0 Å². The Bertz CT molecular complexity index is 1990. The van der Waals surface area contributed by atoms with Gasteiger partial charge in [0.05, 0.1) is 40.0 Å². The largest absolute Gasteiger partial charge is 0.494 e. The summed E-state index contributed by atoms with van der Waals surface area (Å²) in [6, 6.07) is 8.36. The molecule has 0 spiro atoms. The van der Waals surface area contributed by atoms with E-state index in [1.54, 1.807) is 39.0 Å². The van der Waals surface area contributed by atoms with Gasteiger partial charge in [-0.2, -0.15) is 10.1 Å². The van der Waals surface area contributed by atoms with Gasteiger partial charge in [-0.1, -0.05) is 0 Å². The van der Waals surface area contributed by atoms with Crippen molar-refractivity contribution in [3.63, 3.8) is 0 Å².